The van der Waals surface area contributed by atoms with E-state index >= 15 is 0 Å². The van der Waals surface area contributed by atoms with Crippen molar-refractivity contribution in [2.24, 2.45) is 0 Å². The van der Waals surface area contributed by atoms with E-state index in [2.05, 4.69) is 5.32 Å². The van der Waals surface area contributed by atoms with Crippen molar-refractivity contribution < 1.29 is 22.7 Å². The molecule has 0 radical (unpaired) electrons. The topological polar surface area (TPSA) is 89.5 Å². The number of hydrogen-bond acceptors (Lipinski definition) is 6. The van der Waals surface area contributed by atoms with E-state index in [-0.39, 0.29) is 17.3 Å². The summed E-state index contributed by atoms with van der Waals surface area (Å²) in [7, 11) is -3.05. The number of thioether (sulfide) groups is 1. The summed E-state index contributed by atoms with van der Waals surface area (Å²) < 4.78 is 27.7. The van der Waals surface area contributed by atoms with E-state index in [0.29, 0.717) is 6.42 Å². The quantitative estimate of drug-likeness (QED) is 0.594. The lowest BCUT2D eigenvalue weighted by atomic mass is 10.1. The van der Waals surface area contributed by atoms with Gasteiger partial charge >= 0.3 is 5.97 Å². The van der Waals surface area contributed by atoms with Gasteiger partial charge in [0.2, 0.25) is 0 Å². The Morgan fingerprint density at radius 2 is 1.92 bits per heavy atom. The number of amides is 1. The van der Waals surface area contributed by atoms with Crippen molar-refractivity contribution >= 4 is 44.2 Å². The van der Waals surface area contributed by atoms with Gasteiger partial charge in [0.15, 0.2) is 16.4 Å². The normalized spacial score (nSPS) is 18.5. The molecule has 2 aromatic rings. The highest BCUT2D eigenvalue weighted by Gasteiger charge is 2.29. The van der Waals surface area contributed by atoms with Crippen molar-refractivity contribution in [3.05, 3.63) is 42.5 Å². The summed E-state index contributed by atoms with van der Waals surface area (Å²) in [6.45, 7) is -0.395. The molecule has 1 fully saturated rings. The molecule has 3 rings (SSSR count). The van der Waals surface area contributed by atoms with Crippen LogP contribution in [0, 0.1) is 0 Å². The largest absolute Gasteiger partial charge is 0.455 e. The van der Waals surface area contributed by atoms with Crippen LogP contribution in [0.5, 0.6) is 0 Å². The number of carbonyl (C=O) groups excluding carboxylic acids is 2. The van der Waals surface area contributed by atoms with Crippen LogP contribution in [-0.4, -0.2) is 50.2 Å². The molecule has 1 aliphatic heterocycles. The second-order valence-electron chi connectivity index (χ2n) is 6.13. The molecule has 1 aliphatic rings. The number of hydrogen-bond donors (Lipinski definition) is 1. The molecule has 0 bridgehead atoms. The smallest absolute Gasteiger partial charge is 0.316 e. The Hall–Kier alpha value is -2.06. The first-order chi connectivity index (χ1) is 12.4. The SMILES string of the molecule is O=C(COC(=O)CSc1ccc2ccccc2c1)NC1CCS(=O)(=O)C1. The third-order valence-electron chi connectivity index (χ3n) is 4.04. The molecular formula is C18H19NO5S2. The zero-order chi connectivity index (χ0) is 18.6. The second-order valence-corrected chi connectivity index (χ2v) is 9.40. The summed E-state index contributed by atoms with van der Waals surface area (Å²) in [4.78, 5) is 24.5. The predicted octanol–water partition coefficient (Wildman–Crippen LogP) is 1.78. The first-order valence-electron chi connectivity index (χ1n) is 8.18. The Labute approximate surface area is 156 Å². The highest BCUT2D eigenvalue weighted by atomic mass is 32.2. The number of ether oxygens (including phenoxy) is 1. The van der Waals surface area contributed by atoms with E-state index in [1.807, 2.05) is 42.5 Å². The van der Waals surface area contributed by atoms with Crippen LogP contribution in [0.25, 0.3) is 10.8 Å². The van der Waals surface area contributed by atoms with Crippen molar-refractivity contribution in [2.45, 2.75) is 17.4 Å². The minimum atomic E-state index is -3.05. The van der Waals surface area contributed by atoms with Crippen LogP contribution in [0.3, 0.4) is 0 Å². The summed E-state index contributed by atoms with van der Waals surface area (Å²) in [6.07, 6.45) is 0.403. The molecular weight excluding hydrogens is 374 g/mol. The lowest BCUT2D eigenvalue weighted by Crippen LogP contribution is -2.38. The van der Waals surface area contributed by atoms with Gasteiger partial charge in [0, 0.05) is 10.9 Å². The number of benzene rings is 2. The van der Waals surface area contributed by atoms with Gasteiger partial charge in [-0.3, -0.25) is 9.59 Å². The van der Waals surface area contributed by atoms with Crippen LogP contribution < -0.4 is 5.32 Å². The fraction of sp³-hybridized carbons (Fsp3) is 0.333. The number of sulfone groups is 1. The fourth-order valence-electron chi connectivity index (χ4n) is 2.77. The van der Waals surface area contributed by atoms with Crippen LogP contribution in [0.15, 0.2) is 47.4 Å². The van der Waals surface area contributed by atoms with Crippen molar-refractivity contribution in [3.63, 3.8) is 0 Å². The molecule has 1 heterocycles. The molecule has 1 atom stereocenters. The first-order valence-corrected chi connectivity index (χ1v) is 11.0. The van der Waals surface area contributed by atoms with E-state index in [9.17, 15) is 18.0 Å². The van der Waals surface area contributed by atoms with Gasteiger partial charge in [-0.1, -0.05) is 30.3 Å². The monoisotopic (exact) mass is 393 g/mol. The first kappa shape index (κ1) is 18.7. The summed E-state index contributed by atoms with van der Waals surface area (Å²) in [5, 5.41) is 4.81. The van der Waals surface area contributed by atoms with Gasteiger partial charge in [-0.05, 0) is 29.3 Å². The molecule has 6 nitrogen and oxygen atoms in total. The van der Waals surface area contributed by atoms with Crippen molar-refractivity contribution in [1.82, 2.24) is 5.32 Å². The summed E-state index contributed by atoms with van der Waals surface area (Å²) in [5.41, 5.74) is 0. The molecule has 1 saturated heterocycles. The zero-order valence-electron chi connectivity index (χ0n) is 14.0. The third-order valence-corrected chi connectivity index (χ3v) is 6.77. The van der Waals surface area contributed by atoms with Crippen molar-refractivity contribution in [1.29, 1.82) is 0 Å². The van der Waals surface area contributed by atoms with Gasteiger partial charge < -0.3 is 10.1 Å². The van der Waals surface area contributed by atoms with E-state index in [4.69, 9.17) is 4.74 Å². The highest BCUT2D eigenvalue weighted by Crippen LogP contribution is 2.23. The van der Waals surface area contributed by atoms with Crippen molar-refractivity contribution in [2.75, 3.05) is 23.9 Å². The van der Waals surface area contributed by atoms with E-state index in [1.165, 1.54) is 11.8 Å². The molecule has 1 unspecified atom stereocenters. The molecule has 8 heteroatoms. The van der Waals surface area contributed by atoms with Gasteiger partial charge in [0.25, 0.3) is 5.91 Å². The average Bonchev–Trinajstić information content (AvgIpc) is 2.96. The minimum absolute atomic E-state index is 0.0511. The van der Waals surface area contributed by atoms with E-state index in [0.717, 1.165) is 15.7 Å². The number of nitrogens with one attached hydrogen (secondary N) is 1. The van der Waals surface area contributed by atoms with E-state index in [1.54, 1.807) is 0 Å². The minimum Gasteiger partial charge on any atom is -0.455 e. The molecule has 0 aromatic heterocycles. The van der Waals surface area contributed by atoms with Crippen LogP contribution in [-0.2, 0) is 24.2 Å². The Kier molecular flexibility index (Phi) is 5.83. The molecule has 2 aromatic carbocycles. The summed E-state index contributed by atoms with van der Waals surface area (Å²) in [5.74, 6) is -0.831. The van der Waals surface area contributed by atoms with Crippen LogP contribution >= 0.6 is 11.8 Å². The zero-order valence-corrected chi connectivity index (χ0v) is 15.6. The maximum atomic E-state index is 11.8. The van der Waals surface area contributed by atoms with Crippen LogP contribution in [0.1, 0.15) is 6.42 Å². The van der Waals surface area contributed by atoms with Gasteiger partial charge in [-0.15, -0.1) is 11.8 Å². The fourth-order valence-corrected chi connectivity index (χ4v) is 5.18. The maximum absolute atomic E-state index is 11.8. The lowest BCUT2D eigenvalue weighted by molar-refractivity contribution is -0.146. The molecule has 1 N–H and O–H groups in total. The Morgan fingerprint density at radius 3 is 2.65 bits per heavy atom. The van der Waals surface area contributed by atoms with Gasteiger partial charge in [-0.2, -0.15) is 0 Å². The number of esters is 1. The Balaban J connectivity index is 1.41. The number of rotatable bonds is 6. The Bertz CT molecular complexity index is 926. The van der Waals surface area contributed by atoms with Gasteiger partial charge in [0.05, 0.1) is 17.3 Å². The van der Waals surface area contributed by atoms with Gasteiger partial charge in [0.1, 0.15) is 0 Å². The molecule has 0 spiro atoms. The van der Waals surface area contributed by atoms with Gasteiger partial charge in [-0.25, -0.2) is 8.42 Å². The van der Waals surface area contributed by atoms with Crippen LogP contribution in [0.2, 0.25) is 0 Å². The summed E-state index contributed by atoms with van der Waals surface area (Å²) in [6, 6.07) is 13.5. The second kappa shape index (κ2) is 8.09. The molecule has 0 saturated carbocycles. The molecule has 1 amide bonds. The molecule has 0 aliphatic carbocycles. The molecule has 138 valence electrons. The number of carbonyl (C=O) groups is 2. The third kappa shape index (κ3) is 5.22. The maximum Gasteiger partial charge on any atom is 0.316 e. The van der Waals surface area contributed by atoms with Crippen molar-refractivity contribution in [3.8, 4) is 0 Å². The predicted molar refractivity (Wildman–Crippen MR) is 101 cm³/mol. The van der Waals surface area contributed by atoms with E-state index < -0.39 is 34.4 Å². The lowest BCUT2D eigenvalue weighted by Gasteiger charge is -2.11. The summed E-state index contributed by atoms with van der Waals surface area (Å²) >= 11 is 1.34. The highest BCUT2D eigenvalue weighted by molar-refractivity contribution is 8.00. The molecule has 26 heavy (non-hydrogen) atoms. The van der Waals surface area contributed by atoms with Crippen LogP contribution in [0.4, 0.5) is 0 Å². The standard InChI is InChI=1S/C18H19NO5S2/c20-17(19-15-7-8-26(22,23)12-15)10-24-18(21)11-25-16-6-5-13-3-1-2-4-14(13)9-16/h1-6,9,15H,7-8,10-12H2,(H,19,20). The number of fused-ring (bicyclic) bond motifs is 1. The Morgan fingerprint density at radius 1 is 1.15 bits per heavy atom. The average molecular weight is 393 g/mol.